The Morgan fingerprint density at radius 3 is 2.73 bits per heavy atom. The van der Waals surface area contributed by atoms with Gasteiger partial charge in [-0.1, -0.05) is 24.3 Å². The van der Waals surface area contributed by atoms with Gasteiger partial charge in [0, 0.05) is 0 Å². The van der Waals surface area contributed by atoms with Crippen molar-refractivity contribution in [2.75, 3.05) is 30.5 Å². The molecule has 7 heteroatoms. The maximum Gasteiger partial charge on any atom is 0.340 e. The highest BCUT2D eigenvalue weighted by Crippen LogP contribution is 2.31. The molecule has 2 aromatic rings. The van der Waals surface area contributed by atoms with Crippen molar-refractivity contribution < 1.29 is 23.9 Å². The van der Waals surface area contributed by atoms with Crippen molar-refractivity contribution in [2.45, 2.75) is 6.92 Å². The van der Waals surface area contributed by atoms with E-state index in [1.807, 2.05) is 0 Å². The molecular weight excluding hydrogens is 336 g/mol. The van der Waals surface area contributed by atoms with E-state index in [0.29, 0.717) is 22.7 Å². The van der Waals surface area contributed by atoms with Crippen molar-refractivity contribution in [1.29, 1.82) is 0 Å². The smallest absolute Gasteiger partial charge is 0.340 e. The molecule has 0 fully saturated rings. The molecule has 1 aliphatic rings. The summed E-state index contributed by atoms with van der Waals surface area (Å²) in [4.78, 5) is 38.0. The maximum absolute atomic E-state index is 12.5. The molecule has 0 bridgehead atoms. The second-order valence-corrected chi connectivity index (χ2v) is 5.77. The van der Waals surface area contributed by atoms with Crippen LogP contribution in [0.15, 0.2) is 42.5 Å². The van der Waals surface area contributed by atoms with Crippen molar-refractivity contribution in [2.24, 2.45) is 0 Å². The molecule has 2 aromatic carbocycles. The molecule has 0 saturated heterocycles. The number of methoxy groups -OCH3 is 1. The fourth-order valence-electron chi connectivity index (χ4n) is 2.81. The van der Waals surface area contributed by atoms with E-state index in [-0.39, 0.29) is 24.6 Å². The van der Waals surface area contributed by atoms with E-state index in [1.165, 1.54) is 12.0 Å². The topological polar surface area (TPSA) is 84.9 Å². The van der Waals surface area contributed by atoms with E-state index in [9.17, 15) is 14.4 Å². The van der Waals surface area contributed by atoms with Crippen LogP contribution in [-0.2, 0) is 14.3 Å². The number of hydrogen-bond acceptors (Lipinski definition) is 5. The van der Waals surface area contributed by atoms with Crippen molar-refractivity contribution in [3.63, 3.8) is 0 Å². The van der Waals surface area contributed by atoms with Gasteiger partial charge >= 0.3 is 5.97 Å². The van der Waals surface area contributed by atoms with Crippen molar-refractivity contribution in [3.05, 3.63) is 53.6 Å². The van der Waals surface area contributed by atoms with Crippen molar-refractivity contribution in [3.8, 4) is 5.75 Å². The van der Waals surface area contributed by atoms with Crippen LogP contribution in [-0.4, -0.2) is 38.0 Å². The number of ether oxygens (including phenoxy) is 2. The third kappa shape index (κ3) is 3.37. The Morgan fingerprint density at radius 2 is 1.96 bits per heavy atom. The Kier molecular flexibility index (Phi) is 4.88. The number of anilines is 2. The van der Waals surface area contributed by atoms with Gasteiger partial charge in [-0.15, -0.1) is 0 Å². The van der Waals surface area contributed by atoms with Crippen molar-refractivity contribution >= 4 is 29.2 Å². The molecule has 0 spiro atoms. The van der Waals surface area contributed by atoms with E-state index in [2.05, 4.69) is 5.32 Å². The number of para-hydroxylation sites is 2. The highest BCUT2D eigenvalue weighted by Gasteiger charge is 2.27. The number of nitrogens with one attached hydrogen (secondary N) is 1. The first-order chi connectivity index (χ1) is 12.5. The van der Waals surface area contributed by atoms with Gasteiger partial charge in [0.25, 0.3) is 5.91 Å². The van der Waals surface area contributed by atoms with E-state index >= 15 is 0 Å². The summed E-state index contributed by atoms with van der Waals surface area (Å²) in [5.41, 5.74) is 1.85. The second kappa shape index (κ2) is 7.26. The largest absolute Gasteiger partial charge is 0.482 e. The number of amides is 2. The standard InChI is InChI=1S/C19H18N2O5/c1-12-6-5-7-13(18(12)19(24)25-2)20-16(22)10-21-14-8-3-4-9-15(14)26-11-17(21)23/h3-9H,10-11H2,1-2H3,(H,20,22). The molecule has 1 heterocycles. The zero-order valence-corrected chi connectivity index (χ0v) is 14.4. The predicted molar refractivity (Wildman–Crippen MR) is 95.4 cm³/mol. The highest BCUT2D eigenvalue weighted by molar-refractivity contribution is 6.07. The van der Waals surface area contributed by atoms with Crippen LogP contribution >= 0.6 is 0 Å². The zero-order chi connectivity index (χ0) is 18.7. The summed E-state index contributed by atoms with van der Waals surface area (Å²) >= 11 is 0. The minimum Gasteiger partial charge on any atom is -0.482 e. The van der Waals surface area contributed by atoms with Gasteiger partial charge in [-0.3, -0.25) is 14.5 Å². The molecule has 1 aliphatic heterocycles. The first-order valence-electron chi connectivity index (χ1n) is 8.01. The van der Waals surface area contributed by atoms with Crippen LogP contribution in [0, 0.1) is 6.92 Å². The zero-order valence-electron chi connectivity index (χ0n) is 14.4. The Hall–Kier alpha value is -3.35. The number of carbonyl (C=O) groups is 3. The van der Waals surface area contributed by atoms with Gasteiger partial charge in [0.05, 0.1) is 24.0 Å². The van der Waals surface area contributed by atoms with Crippen molar-refractivity contribution in [1.82, 2.24) is 0 Å². The summed E-state index contributed by atoms with van der Waals surface area (Å²) < 4.78 is 10.1. The van der Waals surface area contributed by atoms with Gasteiger partial charge in [0.1, 0.15) is 12.3 Å². The van der Waals surface area contributed by atoms with E-state index in [1.54, 1.807) is 49.4 Å². The van der Waals surface area contributed by atoms with Crippen LogP contribution in [0.4, 0.5) is 11.4 Å². The average molecular weight is 354 g/mol. The van der Waals surface area contributed by atoms with Gasteiger partial charge in [0.2, 0.25) is 5.91 Å². The minimum absolute atomic E-state index is 0.123. The molecule has 0 aliphatic carbocycles. The summed E-state index contributed by atoms with van der Waals surface area (Å²) in [7, 11) is 1.28. The monoisotopic (exact) mass is 354 g/mol. The van der Waals surface area contributed by atoms with Gasteiger partial charge in [0.15, 0.2) is 6.61 Å². The molecule has 134 valence electrons. The first kappa shape index (κ1) is 17.5. The van der Waals surface area contributed by atoms with Crippen LogP contribution in [0.5, 0.6) is 5.75 Å². The lowest BCUT2D eigenvalue weighted by Gasteiger charge is -2.28. The third-order valence-corrected chi connectivity index (χ3v) is 4.05. The van der Waals surface area contributed by atoms with Gasteiger partial charge in [-0.25, -0.2) is 4.79 Å². The number of aryl methyl sites for hydroxylation is 1. The number of fused-ring (bicyclic) bond motifs is 1. The summed E-state index contributed by atoms with van der Waals surface area (Å²) in [5.74, 6) is -0.723. The van der Waals surface area contributed by atoms with E-state index in [0.717, 1.165) is 0 Å². The number of benzene rings is 2. The fraction of sp³-hybridized carbons (Fsp3) is 0.211. The summed E-state index contributed by atoms with van der Waals surface area (Å²) in [5, 5.41) is 2.69. The van der Waals surface area contributed by atoms with Gasteiger partial charge in [-0.05, 0) is 30.7 Å². The fourth-order valence-corrected chi connectivity index (χ4v) is 2.81. The lowest BCUT2D eigenvalue weighted by atomic mass is 10.1. The molecule has 26 heavy (non-hydrogen) atoms. The maximum atomic E-state index is 12.5. The van der Waals surface area contributed by atoms with Crippen LogP contribution in [0.2, 0.25) is 0 Å². The molecule has 0 unspecified atom stereocenters. The molecule has 0 saturated carbocycles. The van der Waals surface area contributed by atoms with Crippen LogP contribution < -0.4 is 15.0 Å². The number of rotatable bonds is 4. The van der Waals surface area contributed by atoms with Gasteiger partial charge in [-0.2, -0.15) is 0 Å². The number of carbonyl (C=O) groups excluding carboxylic acids is 3. The molecule has 7 nitrogen and oxygen atoms in total. The second-order valence-electron chi connectivity index (χ2n) is 5.77. The van der Waals surface area contributed by atoms with Gasteiger partial charge < -0.3 is 14.8 Å². The molecule has 2 amide bonds. The van der Waals surface area contributed by atoms with Crippen LogP contribution in [0.1, 0.15) is 15.9 Å². The normalized spacial score (nSPS) is 12.8. The number of nitrogens with zero attached hydrogens (tertiary/aromatic N) is 1. The highest BCUT2D eigenvalue weighted by atomic mass is 16.5. The molecule has 0 atom stereocenters. The Labute approximate surface area is 150 Å². The summed E-state index contributed by atoms with van der Waals surface area (Å²) in [6.45, 7) is 1.44. The lowest BCUT2D eigenvalue weighted by molar-refractivity contribution is -0.123. The molecule has 1 N–H and O–H groups in total. The number of hydrogen-bond donors (Lipinski definition) is 1. The SMILES string of the molecule is COC(=O)c1c(C)cccc1NC(=O)CN1C(=O)COc2ccccc21. The predicted octanol–water partition coefficient (Wildman–Crippen LogP) is 2.15. The molecule has 0 radical (unpaired) electrons. The average Bonchev–Trinajstić information content (AvgIpc) is 2.63. The molecule has 0 aromatic heterocycles. The lowest BCUT2D eigenvalue weighted by Crippen LogP contribution is -2.43. The number of esters is 1. The Balaban J connectivity index is 1.82. The Morgan fingerprint density at radius 1 is 1.19 bits per heavy atom. The molecule has 3 rings (SSSR count). The molecular formula is C19H18N2O5. The van der Waals surface area contributed by atoms with E-state index in [4.69, 9.17) is 9.47 Å². The Bertz CT molecular complexity index is 878. The first-order valence-corrected chi connectivity index (χ1v) is 8.01. The van der Waals surface area contributed by atoms with Crippen LogP contribution in [0.25, 0.3) is 0 Å². The minimum atomic E-state index is -0.536. The van der Waals surface area contributed by atoms with E-state index < -0.39 is 11.9 Å². The summed E-state index contributed by atoms with van der Waals surface area (Å²) in [6.07, 6.45) is 0. The third-order valence-electron chi connectivity index (χ3n) is 4.05. The summed E-state index contributed by atoms with van der Waals surface area (Å²) in [6, 6.07) is 12.1. The quantitative estimate of drug-likeness (QED) is 0.851. The van der Waals surface area contributed by atoms with Crippen LogP contribution in [0.3, 0.4) is 0 Å².